The molecule has 0 atom stereocenters. The second-order valence-corrected chi connectivity index (χ2v) is 5.14. The zero-order chi connectivity index (χ0) is 10.9. The second kappa shape index (κ2) is 3.62. The van der Waals surface area contributed by atoms with Gasteiger partial charge in [0.05, 0.1) is 7.11 Å². The lowest BCUT2D eigenvalue weighted by atomic mass is 10.4. The fourth-order valence-electron chi connectivity index (χ4n) is 1.01. The van der Waals surface area contributed by atoms with E-state index in [1.165, 1.54) is 14.0 Å². The second-order valence-electron chi connectivity index (χ2n) is 2.60. The van der Waals surface area contributed by atoms with Gasteiger partial charge in [0.1, 0.15) is 10.6 Å². The summed E-state index contributed by atoms with van der Waals surface area (Å²) in [5, 5.41) is 0. The Morgan fingerprint density at radius 1 is 1.57 bits per heavy atom. The van der Waals surface area contributed by atoms with Crippen molar-refractivity contribution in [3.8, 4) is 0 Å². The molecule has 0 spiro atoms. The Kier molecular flexibility index (Phi) is 2.86. The number of nitrogens with one attached hydrogen (secondary N) is 1. The van der Waals surface area contributed by atoms with Gasteiger partial charge in [-0.3, -0.25) is 0 Å². The van der Waals surface area contributed by atoms with Crippen LogP contribution in [0.3, 0.4) is 0 Å². The highest BCUT2D eigenvalue weighted by Crippen LogP contribution is 2.20. The Balaban J connectivity index is 3.25. The Hall–Kier alpha value is -1.01. The van der Waals surface area contributed by atoms with Crippen molar-refractivity contribution in [3.63, 3.8) is 0 Å². The third-order valence-electron chi connectivity index (χ3n) is 1.64. The number of rotatable bonds is 2. The molecule has 78 valence electrons. The Morgan fingerprint density at radius 2 is 2.14 bits per heavy atom. The van der Waals surface area contributed by atoms with Crippen LogP contribution in [-0.4, -0.2) is 26.5 Å². The van der Waals surface area contributed by atoms with Gasteiger partial charge in [-0.15, -0.1) is 0 Å². The summed E-state index contributed by atoms with van der Waals surface area (Å²) in [6, 6.07) is 1.14. The molecule has 1 aromatic heterocycles. The van der Waals surface area contributed by atoms with E-state index >= 15 is 0 Å². The molecular weight excluding hydrogens is 230 g/mol. The summed E-state index contributed by atoms with van der Waals surface area (Å²) in [6.45, 7) is 1.50. The molecule has 0 radical (unpaired) electrons. The van der Waals surface area contributed by atoms with Crippen molar-refractivity contribution >= 4 is 25.7 Å². The van der Waals surface area contributed by atoms with Crippen LogP contribution in [0.1, 0.15) is 16.2 Å². The highest BCUT2D eigenvalue weighted by molar-refractivity contribution is 8.13. The van der Waals surface area contributed by atoms with Gasteiger partial charge in [-0.25, -0.2) is 13.2 Å². The molecule has 0 unspecified atom stereocenters. The van der Waals surface area contributed by atoms with Crippen molar-refractivity contribution in [2.45, 2.75) is 11.8 Å². The Morgan fingerprint density at radius 3 is 2.50 bits per heavy atom. The standard InChI is InChI=1S/C7H8ClNO4S/c1-4-6(14(8,11)12)3-5(9-4)7(10)13-2/h3,9H,1-2H3. The summed E-state index contributed by atoms with van der Waals surface area (Å²) in [5.74, 6) is -0.639. The first-order chi connectivity index (χ1) is 6.36. The van der Waals surface area contributed by atoms with E-state index in [1.807, 2.05) is 0 Å². The molecule has 0 fully saturated rings. The average Bonchev–Trinajstić information content (AvgIpc) is 2.45. The summed E-state index contributed by atoms with van der Waals surface area (Å²) in [5.41, 5.74) is 0.365. The predicted octanol–water partition coefficient (Wildman–Crippen LogP) is 1.04. The van der Waals surface area contributed by atoms with Gasteiger partial charge in [-0.2, -0.15) is 0 Å². The van der Waals surface area contributed by atoms with Crippen LogP contribution in [0.15, 0.2) is 11.0 Å². The minimum atomic E-state index is -3.82. The van der Waals surface area contributed by atoms with Gasteiger partial charge >= 0.3 is 5.97 Å². The van der Waals surface area contributed by atoms with Crippen molar-refractivity contribution < 1.29 is 17.9 Å². The number of hydrogen-bond donors (Lipinski definition) is 1. The Labute approximate surface area is 85.4 Å². The lowest BCUT2D eigenvalue weighted by molar-refractivity contribution is 0.0594. The number of aromatic amines is 1. The minimum absolute atomic E-state index is 0.0595. The molecule has 0 saturated heterocycles. The van der Waals surface area contributed by atoms with E-state index in [-0.39, 0.29) is 10.6 Å². The van der Waals surface area contributed by atoms with Crippen LogP contribution in [0.2, 0.25) is 0 Å². The van der Waals surface area contributed by atoms with Crippen LogP contribution in [0.25, 0.3) is 0 Å². The summed E-state index contributed by atoms with van der Waals surface area (Å²) in [4.78, 5) is 13.5. The van der Waals surface area contributed by atoms with E-state index in [2.05, 4.69) is 9.72 Å². The zero-order valence-corrected chi connectivity index (χ0v) is 9.07. The number of hydrogen-bond acceptors (Lipinski definition) is 4. The summed E-state index contributed by atoms with van der Waals surface area (Å²) < 4.78 is 26.4. The third kappa shape index (κ3) is 2.08. The molecule has 7 heteroatoms. The maximum absolute atomic E-state index is 11.0. The minimum Gasteiger partial charge on any atom is -0.464 e. The van der Waals surface area contributed by atoms with Gasteiger partial charge in [0.15, 0.2) is 0 Å². The van der Waals surface area contributed by atoms with E-state index in [0.29, 0.717) is 5.69 Å². The SMILES string of the molecule is COC(=O)c1cc(S(=O)(=O)Cl)c(C)[nH]1. The van der Waals surface area contributed by atoms with Gasteiger partial charge in [0.25, 0.3) is 9.05 Å². The van der Waals surface area contributed by atoms with Crippen molar-refractivity contribution in [2.75, 3.05) is 7.11 Å². The monoisotopic (exact) mass is 237 g/mol. The number of carbonyl (C=O) groups excluding carboxylic acids is 1. The van der Waals surface area contributed by atoms with E-state index in [1.54, 1.807) is 0 Å². The number of esters is 1. The van der Waals surface area contributed by atoms with Gasteiger partial charge in [-0.1, -0.05) is 0 Å². The quantitative estimate of drug-likeness (QED) is 0.616. The van der Waals surface area contributed by atoms with Gasteiger partial charge in [0.2, 0.25) is 0 Å². The smallest absolute Gasteiger partial charge is 0.354 e. The normalized spacial score (nSPS) is 11.4. The summed E-state index contributed by atoms with van der Waals surface area (Å²) in [6.07, 6.45) is 0. The predicted molar refractivity (Wildman–Crippen MR) is 49.9 cm³/mol. The molecule has 0 aliphatic rings. The third-order valence-corrected chi connectivity index (χ3v) is 3.08. The molecule has 1 heterocycles. The highest BCUT2D eigenvalue weighted by atomic mass is 35.7. The zero-order valence-electron chi connectivity index (χ0n) is 7.50. The van der Waals surface area contributed by atoms with Crippen molar-refractivity contribution in [1.82, 2.24) is 4.98 Å². The van der Waals surface area contributed by atoms with Crippen LogP contribution in [0.5, 0.6) is 0 Å². The number of aryl methyl sites for hydroxylation is 1. The maximum atomic E-state index is 11.0. The maximum Gasteiger partial charge on any atom is 0.354 e. The van der Waals surface area contributed by atoms with Crippen molar-refractivity contribution in [1.29, 1.82) is 0 Å². The molecule has 0 aliphatic heterocycles. The largest absolute Gasteiger partial charge is 0.464 e. The van der Waals surface area contributed by atoms with E-state index in [4.69, 9.17) is 10.7 Å². The molecule has 0 aromatic carbocycles. The topological polar surface area (TPSA) is 76.2 Å². The first kappa shape index (κ1) is 11.1. The summed E-state index contributed by atoms with van der Waals surface area (Å²) in [7, 11) is 2.51. The molecule has 1 rings (SSSR count). The molecule has 1 N–H and O–H groups in total. The molecule has 14 heavy (non-hydrogen) atoms. The molecule has 0 bridgehead atoms. The molecule has 0 saturated carbocycles. The summed E-state index contributed by atoms with van der Waals surface area (Å²) >= 11 is 0. The van der Waals surface area contributed by atoms with Crippen molar-refractivity contribution in [2.24, 2.45) is 0 Å². The molecular formula is C7H8ClNO4S. The van der Waals surface area contributed by atoms with E-state index < -0.39 is 15.0 Å². The number of aromatic nitrogens is 1. The number of methoxy groups -OCH3 is 1. The van der Waals surface area contributed by atoms with Crippen LogP contribution in [-0.2, 0) is 13.8 Å². The van der Waals surface area contributed by atoms with Crippen LogP contribution >= 0.6 is 10.7 Å². The van der Waals surface area contributed by atoms with E-state index in [9.17, 15) is 13.2 Å². The van der Waals surface area contributed by atoms with Crippen molar-refractivity contribution in [3.05, 3.63) is 17.5 Å². The lowest BCUT2D eigenvalue weighted by Crippen LogP contribution is -2.00. The van der Waals surface area contributed by atoms with Crippen LogP contribution < -0.4 is 0 Å². The highest BCUT2D eigenvalue weighted by Gasteiger charge is 2.19. The van der Waals surface area contributed by atoms with E-state index in [0.717, 1.165) is 6.07 Å². The number of carbonyl (C=O) groups is 1. The average molecular weight is 238 g/mol. The number of halogens is 1. The number of H-pyrrole nitrogens is 1. The molecule has 0 amide bonds. The molecule has 1 aromatic rings. The fourth-order valence-corrected chi connectivity index (χ4v) is 2.17. The molecule has 5 nitrogen and oxygen atoms in total. The van der Waals surface area contributed by atoms with Crippen LogP contribution in [0, 0.1) is 6.92 Å². The first-order valence-electron chi connectivity index (χ1n) is 3.59. The van der Waals surface area contributed by atoms with Gasteiger partial charge < -0.3 is 9.72 Å². The Bertz CT molecular complexity index is 462. The lowest BCUT2D eigenvalue weighted by Gasteiger charge is -1.92. The fraction of sp³-hybridized carbons (Fsp3) is 0.286. The first-order valence-corrected chi connectivity index (χ1v) is 5.89. The number of ether oxygens (including phenoxy) is 1. The van der Waals surface area contributed by atoms with Gasteiger partial charge in [0, 0.05) is 16.4 Å². The van der Waals surface area contributed by atoms with Gasteiger partial charge in [-0.05, 0) is 13.0 Å². The molecule has 0 aliphatic carbocycles. The van der Waals surface area contributed by atoms with Crippen LogP contribution in [0.4, 0.5) is 0 Å².